The number of hydrogen-bond donors (Lipinski definition) is 1. The summed E-state index contributed by atoms with van der Waals surface area (Å²) in [6.07, 6.45) is 3.45. The lowest BCUT2D eigenvalue weighted by molar-refractivity contribution is -0.138. The summed E-state index contributed by atoms with van der Waals surface area (Å²) in [5, 5.41) is 3.43. The zero-order valence-corrected chi connectivity index (χ0v) is 15.4. The largest absolute Gasteiger partial charge is 0.486 e. The number of nitrogens with zero attached hydrogens (tertiary/aromatic N) is 2. The van der Waals surface area contributed by atoms with Gasteiger partial charge in [0.25, 0.3) is 0 Å². The SMILES string of the molecule is O=C1CC(C(=O)N2C3CCNCC2CC3)CN1c1ccc2c(c1)OCCO2. The predicted molar refractivity (Wildman–Crippen MR) is 99.0 cm³/mol. The highest BCUT2D eigenvalue weighted by atomic mass is 16.6. The summed E-state index contributed by atoms with van der Waals surface area (Å²) in [6, 6.07) is 6.17. The molecule has 4 aliphatic heterocycles. The molecule has 0 spiro atoms. The second kappa shape index (κ2) is 6.71. The Labute approximate surface area is 158 Å². The molecule has 0 saturated carbocycles. The summed E-state index contributed by atoms with van der Waals surface area (Å²) < 4.78 is 11.2. The summed E-state index contributed by atoms with van der Waals surface area (Å²) >= 11 is 0. The lowest BCUT2D eigenvalue weighted by Gasteiger charge is -2.30. The molecule has 0 aromatic heterocycles. The van der Waals surface area contributed by atoms with Gasteiger partial charge in [0.05, 0.1) is 5.92 Å². The first-order valence-electron chi connectivity index (χ1n) is 9.93. The highest BCUT2D eigenvalue weighted by Gasteiger charge is 2.44. The van der Waals surface area contributed by atoms with Crippen LogP contribution in [0, 0.1) is 5.92 Å². The Morgan fingerprint density at radius 3 is 2.78 bits per heavy atom. The smallest absolute Gasteiger partial charge is 0.228 e. The first kappa shape index (κ1) is 16.9. The molecule has 144 valence electrons. The van der Waals surface area contributed by atoms with Gasteiger partial charge in [0.2, 0.25) is 11.8 Å². The summed E-state index contributed by atoms with van der Waals surface area (Å²) in [5.74, 6) is 1.27. The zero-order chi connectivity index (χ0) is 18.4. The normalized spacial score (nSPS) is 29.8. The maximum atomic E-state index is 13.2. The van der Waals surface area contributed by atoms with E-state index in [1.165, 1.54) is 0 Å². The van der Waals surface area contributed by atoms with Gasteiger partial charge >= 0.3 is 0 Å². The van der Waals surface area contributed by atoms with Gasteiger partial charge in [0.15, 0.2) is 11.5 Å². The molecule has 2 bridgehead atoms. The van der Waals surface area contributed by atoms with Crippen LogP contribution in [-0.4, -0.2) is 61.6 Å². The number of carbonyl (C=O) groups is 2. The number of ether oxygens (including phenoxy) is 2. The molecule has 2 amide bonds. The van der Waals surface area contributed by atoms with Gasteiger partial charge in [0, 0.05) is 43.3 Å². The van der Waals surface area contributed by atoms with Gasteiger partial charge in [-0.1, -0.05) is 0 Å². The number of benzene rings is 1. The molecular formula is C20H25N3O4. The van der Waals surface area contributed by atoms with E-state index in [1.807, 2.05) is 18.2 Å². The number of amides is 2. The van der Waals surface area contributed by atoms with Gasteiger partial charge in [-0.2, -0.15) is 0 Å². The molecule has 4 aliphatic rings. The third-order valence-corrected chi connectivity index (χ3v) is 6.22. The van der Waals surface area contributed by atoms with Crippen LogP contribution >= 0.6 is 0 Å². The highest BCUT2D eigenvalue weighted by Crippen LogP contribution is 2.37. The molecule has 27 heavy (non-hydrogen) atoms. The van der Waals surface area contributed by atoms with Gasteiger partial charge < -0.3 is 24.6 Å². The van der Waals surface area contributed by atoms with E-state index in [9.17, 15) is 9.59 Å². The van der Waals surface area contributed by atoms with E-state index in [-0.39, 0.29) is 30.2 Å². The third kappa shape index (κ3) is 2.94. The van der Waals surface area contributed by atoms with Gasteiger partial charge in [-0.05, 0) is 37.9 Å². The number of rotatable bonds is 2. The molecule has 3 atom stereocenters. The number of fused-ring (bicyclic) bond motifs is 3. The predicted octanol–water partition coefficient (Wildman–Crippen LogP) is 1.16. The Bertz CT molecular complexity index is 754. The number of nitrogens with one attached hydrogen (secondary N) is 1. The lowest BCUT2D eigenvalue weighted by Crippen LogP contribution is -2.46. The molecule has 3 saturated heterocycles. The standard InChI is InChI=1S/C20H25N3O4/c24-19-9-13(20(25)23-14-1-2-16(23)11-21-6-5-14)12-22(19)15-3-4-17-18(10-15)27-8-7-26-17/h3-4,10,13-14,16,21H,1-2,5-9,11-12H2. The van der Waals surface area contributed by atoms with Crippen molar-refractivity contribution in [1.29, 1.82) is 0 Å². The molecule has 5 rings (SSSR count). The van der Waals surface area contributed by atoms with Gasteiger partial charge in [0.1, 0.15) is 13.2 Å². The maximum absolute atomic E-state index is 13.2. The number of carbonyl (C=O) groups excluding carboxylic acids is 2. The summed E-state index contributed by atoms with van der Waals surface area (Å²) in [4.78, 5) is 29.7. The van der Waals surface area contributed by atoms with Crippen molar-refractivity contribution in [2.24, 2.45) is 5.92 Å². The minimum atomic E-state index is -0.257. The molecule has 1 aromatic carbocycles. The first-order valence-corrected chi connectivity index (χ1v) is 9.93. The fraction of sp³-hybridized carbons (Fsp3) is 0.600. The van der Waals surface area contributed by atoms with Crippen LogP contribution in [-0.2, 0) is 9.59 Å². The summed E-state index contributed by atoms with van der Waals surface area (Å²) in [6.45, 7) is 3.34. The average Bonchev–Trinajstić information content (AvgIpc) is 3.19. The second-order valence-electron chi connectivity index (χ2n) is 7.86. The van der Waals surface area contributed by atoms with E-state index in [0.29, 0.717) is 37.3 Å². The van der Waals surface area contributed by atoms with Gasteiger partial charge in [-0.25, -0.2) is 0 Å². The van der Waals surface area contributed by atoms with Crippen molar-refractivity contribution in [3.63, 3.8) is 0 Å². The summed E-state index contributed by atoms with van der Waals surface area (Å²) in [7, 11) is 0. The number of anilines is 1. The average molecular weight is 371 g/mol. The molecule has 3 unspecified atom stereocenters. The van der Waals surface area contributed by atoms with Crippen molar-refractivity contribution < 1.29 is 19.1 Å². The minimum Gasteiger partial charge on any atom is -0.486 e. The van der Waals surface area contributed by atoms with E-state index in [2.05, 4.69) is 10.2 Å². The molecule has 0 aliphatic carbocycles. The Balaban J connectivity index is 1.34. The second-order valence-corrected chi connectivity index (χ2v) is 7.86. The van der Waals surface area contributed by atoms with Crippen LogP contribution in [0.2, 0.25) is 0 Å². The molecule has 4 heterocycles. The molecule has 3 fully saturated rings. The van der Waals surface area contributed by atoms with E-state index < -0.39 is 0 Å². The fourth-order valence-corrected chi connectivity index (χ4v) is 4.88. The van der Waals surface area contributed by atoms with Crippen LogP contribution in [0.15, 0.2) is 18.2 Å². The van der Waals surface area contributed by atoms with E-state index in [0.717, 1.165) is 38.0 Å². The lowest BCUT2D eigenvalue weighted by atomic mass is 10.1. The fourth-order valence-electron chi connectivity index (χ4n) is 4.88. The Kier molecular flexibility index (Phi) is 4.19. The van der Waals surface area contributed by atoms with Crippen molar-refractivity contribution in [3.05, 3.63) is 18.2 Å². The van der Waals surface area contributed by atoms with Crippen molar-refractivity contribution >= 4 is 17.5 Å². The quantitative estimate of drug-likeness (QED) is 0.845. The molecule has 0 radical (unpaired) electrons. The van der Waals surface area contributed by atoms with Crippen molar-refractivity contribution in [2.75, 3.05) is 37.7 Å². The van der Waals surface area contributed by atoms with Crippen molar-refractivity contribution in [2.45, 2.75) is 37.8 Å². The minimum absolute atomic E-state index is 0.00493. The van der Waals surface area contributed by atoms with Crippen LogP contribution in [0.3, 0.4) is 0 Å². The topological polar surface area (TPSA) is 71.1 Å². The molecule has 1 N–H and O–H groups in total. The summed E-state index contributed by atoms with van der Waals surface area (Å²) in [5.41, 5.74) is 0.778. The van der Waals surface area contributed by atoms with Crippen molar-refractivity contribution in [3.8, 4) is 11.5 Å². The van der Waals surface area contributed by atoms with E-state index in [1.54, 1.807) is 4.90 Å². The van der Waals surface area contributed by atoms with Gasteiger partial charge in [-0.3, -0.25) is 9.59 Å². The molecule has 1 aromatic rings. The van der Waals surface area contributed by atoms with Crippen LogP contribution in [0.25, 0.3) is 0 Å². The molecular weight excluding hydrogens is 346 g/mol. The Hall–Kier alpha value is -2.28. The van der Waals surface area contributed by atoms with Crippen LogP contribution in [0.1, 0.15) is 25.7 Å². The zero-order valence-electron chi connectivity index (χ0n) is 15.4. The van der Waals surface area contributed by atoms with Crippen LogP contribution < -0.4 is 19.7 Å². The van der Waals surface area contributed by atoms with E-state index in [4.69, 9.17) is 9.47 Å². The van der Waals surface area contributed by atoms with E-state index >= 15 is 0 Å². The Morgan fingerprint density at radius 1 is 1.07 bits per heavy atom. The molecule has 7 heteroatoms. The van der Waals surface area contributed by atoms with Crippen LogP contribution in [0.4, 0.5) is 5.69 Å². The maximum Gasteiger partial charge on any atom is 0.228 e. The van der Waals surface area contributed by atoms with Crippen LogP contribution in [0.5, 0.6) is 11.5 Å². The number of hydrogen-bond acceptors (Lipinski definition) is 5. The monoisotopic (exact) mass is 371 g/mol. The first-order chi connectivity index (χ1) is 13.2. The highest BCUT2D eigenvalue weighted by molar-refractivity contribution is 6.00. The third-order valence-electron chi connectivity index (χ3n) is 6.22. The van der Waals surface area contributed by atoms with Crippen molar-refractivity contribution in [1.82, 2.24) is 10.2 Å². The van der Waals surface area contributed by atoms with Gasteiger partial charge in [-0.15, -0.1) is 0 Å². The molecule has 7 nitrogen and oxygen atoms in total. The Morgan fingerprint density at radius 2 is 1.89 bits per heavy atom.